The largest absolute Gasteiger partial charge is 0.455 e. The topological polar surface area (TPSA) is 47.3 Å². The minimum Gasteiger partial charge on any atom is -0.455 e. The zero-order valence-electron chi connectivity index (χ0n) is 15.6. The van der Waals surface area contributed by atoms with Gasteiger partial charge in [-0.05, 0) is 40.4 Å². The Morgan fingerprint density at radius 1 is 0.690 bits per heavy atom. The SMILES string of the molecule is C=CC(=O)c1cc2ccccc2c2c1oc1c2ccc2cccc(C(=O)C=C)c21. The van der Waals surface area contributed by atoms with Gasteiger partial charge in [0.1, 0.15) is 11.2 Å². The number of carbonyl (C=O) groups is 2. The lowest BCUT2D eigenvalue weighted by molar-refractivity contribution is 0.104. The van der Waals surface area contributed by atoms with Gasteiger partial charge in [0.05, 0.1) is 5.56 Å². The number of carbonyl (C=O) groups excluding carboxylic acids is 2. The maximum absolute atomic E-state index is 12.6. The number of furan rings is 1. The van der Waals surface area contributed by atoms with Crippen LogP contribution in [0.3, 0.4) is 0 Å². The second kappa shape index (κ2) is 6.28. The summed E-state index contributed by atoms with van der Waals surface area (Å²) in [4.78, 5) is 25.1. The number of ketones is 2. The normalized spacial score (nSPS) is 11.3. The van der Waals surface area contributed by atoms with Gasteiger partial charge in [-0.3, -0.25) is 9.59 Å². The molecule has 3 nitrogen and oxygen atoms in total. The fraction of sp³-hybridized carbons (Fsp3) is 0. The van der Waals surface area contributed by atoms with Gasteiger partial charge in [0, 0.05) is 21.7 Å². The number of fused-ring (bicyclic) bond motifs is 7. The first-order chi connectivity index (χ1) is 14.1. The molecule has 0 aliphatic rings. The molecule has 0 spiro atoms. The van der Waals surface area contributed by atoms with Crippen LogP contribution in [0.1, 0.15) is 20.7 Å². The van der Waals surface area contributed by atoms with Crippen LogP contribution >= 0.6 is 0 Å². The highest BCUT2D eigenvalue weighted by molar-refractivity contribution is 6.30. The number of hydrogen-bond donors (Lipinski definition) is 0. The van der Waals surface area contributed by atoms with Crippen LogP contribution in [0.4, 0.5) is 0 Å². The molecular formula is C26H16O3. The van der Waals surface area contributed by atoms with Crippen molar-refractivity contribution < 1.29 is 14.0 Å². The second-order valence-electron chi connectivity index (χ2n) is 6.93. The van der Waals surface area contributed by atoms with Gasteiger partial charge in [0.15, 0.2) is 11.6 Å². The zero-order valence-corrected chi connectivity index (χ0v) is 15.6. The van der Waals surface area contributed by atoms with Crippen molar-refractivity contribution in [3.63, 3.8) is 0 Å². The molecule has 0 aliphatic heterocycles. The lowest BCUT2D eigenvalue weighted by atomic mass is 9.96. The third kappa shape index (κ3) is 2.38. The van der Waals surface area contributed by atoms with Crippen LogP contribution in [0.25, 0.3) is 43.5 Å². The average molecular weight is 376 g/mol. The van der Waals surface area contributed by atoms with Crippen molar-refractivity contribution in [2.45, 2.75) is 0 Å². The highest BCUT2D eigenvalue weighted by Crippen LogP contribution is 2.40. The number of rotatable bonds is 4. The molecule has 0 saturated carbocycles. The van der Waals surface area contributed by atoms with E-state index in [0.29, 0.717) is 22.3 Å². The van der Waals surface area contributed by atoms with Gasteiger partial charge in [0.25, 0.3) is 0 Å². The molecule has 0 amide bonds. The Morgan fingerprint density at radius 2 is 1.41 bits per heavy atom. The van der Waals surface area contributed by atoms with E-state index < -0.39 is 0 Å². The number of hydrogen-bond acceptors (Lipinski definition) is 3. The van der Waals surface area contributed by atoms with Gasteiger partial charge in [-0.1, -0.05) is 61.7 Å². The number of benzene rings is 4. The van der Waals surface area contributed by atoms with Crippen LogP contribution in [0.15, 0.2) is 90.4 Å². The van der Waals surface area contributed by atoms with E-state index >= 15 is 0 Å². The van der Waals surface area contributed by atoms with Crippen molar-refractivity contribution in [3.05, 3.63) is 97.1 Å². The molecule has 0 N–H and O–H groups in total. The van der Waals surface area contributed by atoms with E-state index in [0.717, 1.165) is 32.3 Å². The summed E-state index contributed by atoms with van der Waals surface area (Å²) in [6.07, 6.45) is 2.60. The summed E-state index contributed by atoms with van der Waals surface area (Å²) < 4.78 is 6.31. The molecule has 5 aromatic rings. The fourth-order valence-corrected chi connectivity index (χ4v) is 4.06. The van der Waals surface area contributed by atoms with E-state index in [1.165, 1.54) is 12.2 Å². The Bertz CT molecular complexity index is 1520. The molecule has 5 rings (SSSR count). The molecule has 0 saturated heterocycles. The van der Waals surface area contributed by atoms with Crippen molar-refractivity contribution >= 4 is 55.0 Å². The Hall–Kier alpha value is -3.98. The van der Waals surface area contributed by atoms with Crippen molar-refractivity contribution in [2.24, 2.45) is 0 Å². The first-order valence-corrected chi connectivity index (χ1v) is 9.27. The fourth-order valence-electron chi connectivity index (χ4n) is 4.06. The summed E-state index contributed by atoms with van der Waals surface area (Å²) in [7, 11) is 0. The van der Waals surface area contributed by atoms with Gasteiger partial charge < -0.3 is 4.42 Å². The molecule has 3 heteroatoms. The molecule has 29 heavy (non-hydrogen) atoms. The van der Waals surface area contributed by atoms with Gasteiger partial charge >= 0.3 is 0 Å². The molecular weight excluding hydrogens is 360 g/mol. The van der Waals surface area contributed by atoms with Gasteiger partial charge in [0.2, 0.25) is 0 Å². The molecule has 138 valence electrons. The minimum absolute atomic E-state index is 0.171. The summed E-state index contributed by atoms with van der Waals surface area (Å²) in [6.45, 7) is 7.25. The Balaban J connectivity index is 2.08. The predicted molar refractivity (Wildman–Crippen MR) is 118 cm³/mol. The second-order valence-corrected chi connectivity index (χ2v) is 6.93. The van der Waals surface area contributed by atoms with E-state index in [2.05, 4.69) is 13.2 Å². The molecule has 0 fully saturated rings. The third-order valence-corrected chi connectivity index (χ3v) is 5.37. The van der Waals surface area contributed by atoms with Crippen molar-refractivity contribution in [1.82, 2.24) is 0 Å². The predicted octanol–water partition coefficient (Wildman–Crippen LogP) is 6.63. The quantitative estimate of drug-likeness (QED) is 0.261. The first-order valence-electron chi connectivity index (χ1n) is 9.27. The molecule has 0 unspecified atom stereocenters. The standard InChI is InChI=1S/C26H16O3/c1-3-21(27)18-11-7-9-15-12-13-19-24-17-10-6-5-8-16(17)14-20(22(28)4-2)26(24)29-25(19)23(15)18/h3-14H,1-2H2. The van der Waals surface area contributed by atoms with Gasteiger partial charge in [-0.15, -0.1) is 0 Å². The van der Waals surface area contributed by atoms with E-state index in [1.54, 1.807) is 6.07 Å². The maximum Gasteiger partial charge on any atom is 0.189 e. The summed E-state index contributed by atoms with van der Waals surface area (Å²) in [5, 5.41) is 5.30. The summed E-state index contributed by atoms with van der Waals surface area (Å²) >= 11 is 0. The van der Waals surface area contributed by atoms with Crippen LogP contribution in [-0.2, 0) is 0 Å². The highest BCUT2D eigenvalue weighted by Gasteiger charge is 2.20. The molecule has 4 aromatic carbocycles. The smallest absolute Gasteiger partial charge is 0.189 e. The van der Waals surface area contributed by atoms with Crippen molar-refractivity contribution in [2.75, 3.05) is 0 Å². The molecule has 0 radical (unpaired) electrons. The van der Waals surface area contributed by atoms with Crippen LogP contribution in [-0.4, -0.2) is 11.6 Å². The Morgan fingerprint density at radius 3 is 2.21 bits per heavy atom. The van der Waals surface area contributed by atoms with Crippen LogP contribution in [0.2, 0.25) is 0 Å². The number of allylic oxidation sites excluding steroid dienone is 2. The third-order valence-electron chi connectivity index (χ3n) is 5.37. The van der Waals surface area contributed by atoms with Crippen molar-refractivity contribution in [3.8, 4) is 0 Å². The molecule has 0 bridgehead atoms. The van der Waals surface area contributed by atoms with Crippen molar-refractivity contribution in [1.29, 1.82) is 0 Å². The monoisotopic (exact) mass is 376 g/mol. The van der Waals surface area contributed by atoms with E-state index in [4.69, 9.17) is 4.42 Å². The molecule has 1 aromatic heterocycles. The molecule has 0 aliphatic carbocycles. The summed E-state index contributed by atoms with van der Waals surface area (Å²) in [6, 6.07) is 19.2. The lowest BCUT2D eigenvalue weighted by Gasteiger charge is -2.04. The van der Waals surface area contributed by atoms with Crippen LogP contribution < -0.4 is 0 Å². The minimum atomic E-state index is -0.202. The molecule has 0 atom stereocenters. The van der Waals surface area contributed by atoms with E-state index in [-0.39, 0.29) is 11.6 Å². The Kier molecular flexibility index (Phi) is 3.71. The maximum atomic E-state index is 12.6. The average Bonchev–Trinajstić information content (AvgIpc) is 3.17. The summed E-state index contributed by atoms with van der Waals surface area (Å²) in [5.74, 6) is -0.373. The summed E-state index contributed by atoms with van der Waals surface area (Å²) in [5.41, 5.74) is 2.10. The van der Waals surface area contributed by atoms with Crippen LogP contribution in [0, 0.1) is 0 Å². The van der Waals surface area contributed by atoms with Gasteiger partial charge in [-0.2, -0.15) is 0 Å². The van der Waals surface area contributed by atoms with Gasteiger partial charge in [-0.25, -0.2) is 0 Å². The zero-order chi connectivity index (χ0) is 20.1. The highest BCUT2D eigenvalue weighted by atomic mass is 16.3. The van der Waals surface area contributed by atoms with E-state index in [1.807, 2.05) is 54.6 Å². The Labute approximate surface area is 166 Å². The lowest BCUT2D eigenvalue weighted by Crippen LogP contribution is -1.95. The molecule has 1 heterocycles. The van der Waals surface area contributed by atoms with Crippen LogP contribution in [0.5, 0.6) is 0 Å². The van der Waals surface area contributed by atoms with E-state index in [9.17, 15) is 9.59 Å². The first kappa shape index (κ1) is 17.1.